The van der Waals surface area contributed by atoms with Gasteiger partial charge in [-0.15, -0.1) is 0 Å². The number of hydrogen-bond acceptors (Lipinski definition) is 7. The maximum absolute atomic E-state index is 12.0. The molecule has 198 valence electrons. The monoisotopic (exact) mass is 495 g/mol. The molecule has 0 aliphatic carbocycles. The Balaban J connectivity index is 4.00. The molecule has 0 bridgehead atoms. The average molecular weight is 496 g/mol. The summed E-state index contributed by atoms with van der Waals surface area (Å²) in [6.07, 6.45) is 13.2. The van der Waals surface area contributed by atoms with E-state index in [1.54, 1.807) is 6.92 Å². The molecule has 0 amide bonds. The molecule has 0 saturated heterocycles. The molecule has 0 aliphatic heterocycles. The minimum atomic E-state index is -4.46. The van der Waals surface area contributed by atoms with E-state index >= 15 is 0 Å². The Morgan fingerprint density at radius 3 is 1.88 bits per heavy atom. The predicted molar refractivity (Wildman–Crippen MR) is 130 cm³/mol. The molecule has 0 aliphatic rings. The van der Waals surface area contributed by atoms with Gasteiger partial charge >= 0.3 is 5.97 Å². The normalized spacial score (nSPS) is 14.7. The second-order valence-electron chi connectivity index (χ2n) is 9.67. The van der Waals surface area contributed by atoms with Crippen LogP contribution < -0.4 is 4.89 Å². The molecule has 0 fully saturated rings. The number of esters is 1. The smallest absolute Gasteiger partial charge is 0.305 e. The molecule has 0 saturated carbocycles. The van der Waals surface area contributed by atoms with E-state index in [1.165, 1.54) is 57.8 Å². The molecule has 9 heteroatoms. The van der Waals surface area contributed by atoms with Crippen LogP contribution >= 0.6 is 7.82 Å². The van der Waals surface area contributed by atoms with Crippen molar-refractivity contribution in [2.24, 2.45) is 0 Å². The van der Waals surface area contributed by atoms with Crippen molar-refractivity contribution in [2.45, 2.75) is 97.0 Å². The first-order valence-electron chi connectivity index (χ1n) is 12.8. The Hall–Kier alpha value is -0.500. The molecule has 0 heterocycles. The number of nitrogens with zero attached hydrogens (tertiary/aromatic N) is 1. The third-order valence-electron chi connectivity index (χ3n) is 5.21. The second kappa shape index (κ2) is 19.8. The van der Waals surface area contributed by atoms with Crippen LogP contribution in [0.2, 0.25) is 0 Å². The van der Waals surface area contributed by atoms with Crippen molar-refractivity contribution < 1.29 is 37.3 Å². The Bertz CT molecular complexity index is 525. The van der Waals surface area contributed by atoms with Crippen LogP contribution in [0, 0.1) is 0 Å². The van der Waals surface area contributed by atoms with E-state index in [0.29, 0.717) is 17.6 Å². The topological polar surface area (TPSA) is 94.1 Å². The lowest BCUT2D eigenvalue weighted by atomic mass is 10.1. The van der Waals surface area contributed by atoms with Crippen LogP contribution in [0.15, 0.2) is 0 Å². The molecule has 0 aromatic rings. The summed E-state index contributed by atoms with van der Waals surface area (Å²) in [6.45, 7) is 4.80. The van der Waals surface area contributed by atoms with Gasteiger partial charge in [0, 0.05) is 13.0 Å². The minimum absolute atomic E-state index is 0.0268. The van der Waals surface area contributed by atoms with Crippen LogP contribution in [-0.4, -0.2) is 70.7 Å². The Morgan fingerprint density at radius 1 is 0.818 bits per heavy atom. The van der Waals surface area contributed by atoms with Crippen LogP contribution in [0.25, 0.3) is 0 Å². The SMILES string of the molecule is CCCCCCCCCCCCCOCC(COP(=O)([O-])OCC[N+](C)(C)C)OC(=O)CC. The van der Waals surface area contributed by atoms with E-state index in [-0.39, 0.29) is 26.2 Å². The fourth-order valence-corrected chi connectivity index (χ4v) is 3.84. The van der Waals surface area contributed by atoms with Gasteiger partial charge in [0.1, 0.15) is 19.3 Å². The molecule has 0 radical (unpaired) electrons. The quantitative estimate of drug-likeness (QED) is 0.0866. The summed E-state index contributed by atoms with van der Waals surface area (Å²) in [5.41, 5.74) is 0. The number of phosphoric ester groups is 1. The van der Waals surface area contributed by atoms with Crippen molar-refractivity contribution in [3.8, 4) is 0 Å². The summed E-state index contributed by atoms with van der Waals surface area (Å²) in [6, 6.07) is 0. The third-order valence-corrected chi connectivity index (χ3v) is 6.18. The van der Waals surface area contributed by atoms with Crippen LogP contribution in [0.4, 0.5) is 0 Å². The van der Waals surface area contributed by atoms with Crippen LogP contribution in [-0.2, 0) is 27.9 Å². The van der Waals surface area contributed by atoms with Crippen molar-refractivity contribution in [1.82, 2.24) is 0 Å². The van der Waals surface area contributed by atoms with E-state index in [4.69, 9.17) is 18.5 Å². The highest BCUT2D eigenvalue weighted by atomic mass is 31.2. The van der Waals surface area contributed by atoms with Crippen molar-refractivity contribution >= 4 is 13.8 Å². The first kappa shape index (κ1) is 32.5. The van der Waals surface area contributed by atoms with Gasteiger partial charge in [-0.2, -0.15) is 0 Å². The Morgan fingerprint density at radius 2 is 1.36 bits per heavy atom. The summed E-state index contributed by atoms with van der Waals surface area (Å²) < 4.78 is 33.2. The van der Waals surface area contributed by atoms with Gasteiger partial charge in [-0.1, -0.05) is 78.1 Å². The summed E-state index contributed by atoms with van der Waals surface area (Å²) in [7, 11) is 1.35. The number of quaternary nitrogens is 1. The standard InChI is InChI=1S/C24H50NO7P/c1-6-8-9-10-11-12-13-14-15-16-17-19-29-21-23(32-24(26)7-2)22-31-33(27,28)30-20-18-25(3,4)5/h23H,6-22H2,1-5H3. The van der Waals surface area contributed by atoms with Gasteiger partial charge in [0.05, 0.1) is 34.4 Å². The molecule has 2 atom stereocenters. The first-order valence-corrected chi connectivity index (χ1v) is 14.2. The van der Waals surface area contributed by atoms with E-state index in [2.05, 4.69) is 6.92 Å². The van der Waals surface area contributed by atoms with E-state index in [9.17, 15) is 14.3 Å². The Labute approximate surface area is 202 Å². The maximum Gasteiger partial charge on any atom is 0.305 e. The van der Waals surface area contributed by atoms with Gasteiger partial charge in [0.25, 0.3) is 7.82 Å². The number of unbranched alkanes of at least 4 members (excludes halogenated alkanes) is 10. The Kier molecular flexibility index (Phi) is 19.5. The lowest BCUT2D eigenvalue weighted by Gasteiger charge is -2.28. The zero-order chi connectivity index (χ0) is 25.0. The third kappa shape index (κ3) is 23.0. The molecule has 2 unspecified atom stereocenters. The highest BCUT2D eigenvalue weighted by Crippen LogP contribution is 2.38. The minimum Gasteiger partial charge on any atom is -0.756 e. The van der Waals surface area contributed by atoms with Gasteiger partial charge in [-0.3, -0.25) is 9.36 Å². The molecule has 0 rings (SSSR count). The zero-order valence-corrected chi connectivity index (χ0v) is 22.7. The number of phosphoric acid groups is 1. The second-order valence-corrected chi connectivity index (χ2v) is 11.1. The van der Waals surface area contributed by atoms with Gasteiger partial charge in [-0.05, 0) is 6.42 Å². The zero-order valence-electron chi connectivity index (χ0n) is 21.9. The summed E-state index contributed by atoms with van der Waals surface area (Å²) >= 11 is 0. The number of ether oxygens (including phenoxy) is 2. The lowest BCUT2D eigenvalue weighted by molar-refractivity contribution is -0.870. The molecule has 0 N–H and O–H groups in total. The van der Waals surface area contributed by atoms with Gasteiger partial charge in [-0.25, -0.2) is 0 Å². The van der Waals surface area contributed by atoms with Crippen molar-refractivity contribution in [3.63, 3.8) is 0 Å². The maximum atomic E-state index is 12.0. The largest absolute Gasteiger partial charge is 0.756 e. The van der Waals surface area contributed by atoms with Crippen LogP contribution in [0.3, 0.4) is 0 Å². The van der Waals surface area contributed by atoms with Gasteiger partial charge in [0.2, 0.25) is 0 Å². The number of likely N-dealkylation sites (N-methyl/N-ethyl adjacent to an activating group) is 1. The van der Waals surface area contributed by atoms with E-state index in [1.807, 2.05) is 21.1 Å². The number of rotatable bonds is 23. The first-order chi connectivity index (χ1) is 15.6. The fourth-order valence-electron chi connectivity index (χ4n) is 3.11. The van der Waals surface area contributed by atoms with E-state index < -0.39 is 19.9 Å². The van der Waals surface area contributed by atoms with Crippen LogP contribution in [0.5, 0.6) is 0 Å². The molecule has 0 aromatic heterocycles. The highest BCUT2D eigenvalue weighted by molar-refractivity contribution is 7.45. The number of carbonyl (C=O) groups excluding carboxylic acids is 1. The molecule has 0 spiro atoms. The predicted octanol–water partition coefficient (Wildman–Crippen LogP) is 4.84. The van der Waals surface area contributed by atoms with Crippen molar-refractivity contribution in [2.75, 3.05) is 54.1 Å². The van der Waals surface area contributed by atoms with E-state index in [0.717, 1.165) is 12.8 Å². The van der Waals surface area contributed by atoms with Gasteiger partial charge in [0.15, 0.2) is 0 Å². The lowest BCUT2D eigenvalue weighted by Crippen LogP contribution is -2.37. The fraction of sp³-hybridized carbons (Fsp3) is 0.958. The molecular formula is C24H50NO7P. The highest BCUT2D eigenvalue weighted by Gasteiger charge is 2.19. The molecular weight excluding hydrogens is 445 g/mol. The van der Waals surface area contributed by atoms with Crippen LogP contribution in [0.1, 0.15) is 90.9 Å². The van der Waals surface area contributed by atoms with Crippen molar-refractivity contribution in [3.05, 3.63) is 0 Å². The van der Waals surface area contributed by atoms with Gasteiger partial charge < -0.3 is 27.9 Å². The summed E-state index contributed by atoms with van der Waals surface area (Å²) in [4.78, 5) is 23.6. The number of hydrogen-bond donors (Lipinski definition) is 0. The summed E-state index contributed by atoms with van der Waals surface area (Å²) in [5.74, 6) is -0.423. The average Bonchev–Trinajstić information content (AvgIpc) is 2.73. The molecule has 8 nitrogen and oxygen atoms in total. The van der Waals surface area contributed by atoms with Crippen molar-refractivity contribution in [1.29, 1.82) is 0 Å². The molecule has 0 aromatic carbocycles. The molecule has 33 heavy (non-hydrogen) atoms. The number of carbonyl (C=O) groups is 1. The summed E-state index contributed by atoms with van der Waals surface area (Å²) in [5, 5.41) is 0.